The van der Waals surface area contributed by atoms with E-state index in [4.69, 9.17) is 4.74 Å². The summed E-state index contributed by atoms with van der Waals surface area (Å²) >= 11 is 0. The van der Waals surface area contributed by atoms with Crippen molar-refractivity contribution in [3.05, 3.63) is 42.0 Å². The van der Waals surface area contributed by atoms with Gasteiger partial charge >= 0.3 is 6.18 Å². The minimum Gasteiger partial charge on any atom is -0.497 e. The third kappa shape index (κ3) is 2.11. The monoisotopic (exact) mass is 307 g/mol. The van der Waals surface area contributed by atoms with Crippen LogP contribution in [0.2, 0.25) is 0 Å². The summed E-state index contributed by atoms with van der Waals surface area (Å²) in [5, 5.41) is 0.926. The lowest BCUT2D eigenvalue weighted by molar-refractivity contribution is -0.137. The van der Waals surface area contributed by atoms with Crippen molar-refractivity contribution in [3.8, 4) is 5.75 Å². The SMILES string of the molecule is COc1ccc2c(c1)c1cc(C(F)(F)F)ccc1n2C(C)=O. The number of ether oxygens (including phenoxy) is 1. The molecule has 0 atom stereocenters. The molecule has 0 aliphatic carbocycles. The van der Waals surface area contributed by atoms with Crippen molar-refractivity contribution in [1.29, 1.82) is 0 Å². The lowest BCUT2D eigenvalue weighted by Crippen LogP contribution is -2.06. The van der Waals surface area contributed by atoms with E-state index in [0.29, 0.717) is 27.6 Å². The average molecular weight is 307 g/mol. The minimum absolute atomic E-state index is 0.259. The largest absolute Gasteiger partial charge is 0.497 e. The van der Waals surface area contributed by atoms with E-state index in [1.54, 1.807) is 18.2 Å². The van der Waals surface area contributed by atoms with E-state index >= 15 is 0 Å². The second-order valence-electron chi connectivity index (χ2n) is 4.97. The Balaban J connectivity index is 2.46. The number of halogens is 3. The lowest BCUT2D eigenvalue weighted by atomic mass is 10.1. The van der Waals surface area contributed by atoms with Gasteiger partial charge in [-0.1, -0.05) is 0 Å². The molecule has 1 aromatic heterocycles. The van der Waals surface area contributed by atoms with Gasteiger partial charge in [0.15, 0.2) is 0 Å². The Labute approximate surface area is 123 Å². The highest BCUT2D eigenvalue weighted by atomic mass is 19.4. The van der Waals surface area contributed by atoms with E-state index in [9.17, 15) is 18.0 Å². The number of hydrogen-bond acceptors (Lipinski definition) is 2. The molecule has 6 heteroatoms. The second kappa shape index (κ2) is 4.76. The van der Waals surface area contributed by atoms with Gasteiger partial charge in [-0.25, -0.2) is 0 Å². The molecule has 0 saturated carbocycles. The molecule has 0 aliphatic rings. The summed E-state index contributed by atoms with van der Waals surface area (Å²) in [7, 11) is 1.48. The van der Waals surface area contributed by atoms with Gasteiger partial charge in [0.2, 0.25) is 5.91 Å². The summed E-state index contributed by atoms with van der Waals surface area (Å²) in [5.74, 6) is 0.262. The molecule has 0 aliphatic heterocycles. The van der Waals surface area contributed by atoms with Crippen molar-refractivity contribution in [2.75, 3.05) is 7.11 Å². The van der Waals surface area contributed by atoms with Crippen molar-refractivity contribution in [2.45, 2.75) is 13.1 Å². The van der Waals surface area contributed by atoms with Gasteiger partial charge < -0.3 is 4.74 Å². The Hall–Kier alpha value is -2.50. The first-order chi connectivity index (χ1) is 10.3. The number of methoxy groups -OCH3 is 1. The van der Waals surface area contributed by atoms with Gasteiger partial charge in [0.25, 0.3) is 0 Å². The number of rotatable bonds is 1. The highest BCUT2D eigenvalue weighted by Gasteiger charge is 2.31. The smallest absolute Gasteiger partial charge is 0.416 e. The molecule has 0 saturated heterocycles. The third-order valence-electron chi connectivity index (χ3n) is 3.61. The van der Waals surface area contributed by atoms with Crippen LogP contribution in [0.1, 0.15) is 17.3 Å². The molecule has 0 spiro atoms. The Morgan fingerprint density at radius 1 is 1.05 bits per heavy atom. The van der Waals surface area contributed by atoms with Crippen LogP contribution in [-0.4, -0.2) is 17.6 Å². The third-order valence-corrected chi connectivity index (χ3v) is 3.61. The zero-order valence-corrected chi connectivity index (χ0v) is 11.9. The maximum atomic E-state index is 12.9. The zero-order valence-electron chi connectivity index (χ0n) is 11.9. The Kier molecular flexibility index (Phi) is 3.12. The number of benzene rings is 2. The van der Waals surface area contributed by atoms with Crippen LogP contribution >= 0.6 is 0 Å². The molecule has 3 rings (SSSR count). The fraction of sp³-hybridized carbons (Fsp3) is 0.188. The second-order valence-corrected chi connectivity index (χ2v) is 4.97. The summed E-state index contributed by atoms with van der Waals surface area (Å²) in [6.45, 7) is 1.38. The highest BCUT2D eigenvalue weighted by molar-refractivity contribution is 6.13. The fourth-order valence-electron chi connectivity index (χ4n) is 2.64. The molecule has 114 valence electrons. The fourth-order valence-corrected chi connectivity index (χ4v) is 2.64. The van der Waals surface area contributed by atoms with Crippen LogP contribution in [-0.2, 0) is 6.18 Å². The minimum atomic E-state index is -4.43. The van der Waals surface area contributed by atoms with Crippen molar-refractivity contribution < 1.29 is 22.7 Å². The molecule has 2 aromatic carbocycles. The molecule has 0 unspecified atom stereocenters. The average Bonchev–Trinajstić information content (AvgIpc) is 2.79. The standard InChI is InChI=1S/C16H12F3NO2/c1-9(21)20-14-5-3-10(16(17,18)19)7-12(14)13-8-11(22-2)4-6-15(13)20/h3-8H,1-2H3. The van der Waals surface area contributed by atoms with E-state index in [0.717, 1.165) is 12.1 Å². The quantitative estimate of drug-likeness (QED) is 0.663. The number of alkyl halides is 3. The van der Waals surface area contributed by atoms with Gasteiger partial charge in [0.1, 0.15) is 5.75 Å². The molecule has 0 radical (unpaired) electrons. The Morgan fingerprint density at radius 2 is 1.64 bits per heavy atom. The molecular weight excluding hydrogens is 295 g/mol. The van der Waals surface area contributed by atoms with Gasteiger partial charge in [-0.2, -0.15) is 13.2 Å². The molecule has 0 bridgehead atoms. The summed E-state index contributed by atoms with van der Waals surface area (Å²) in [6, 6.07) is 8.35. The van der Waals surface area contributed by atoms with Crippen LogP contribution < -0.4 is 4.74 Å². The topological polar surface area (TPSA) is 31.2 Å². The van der Waals surface area contributed by atoms with E-state index < -0.39 is 11.7 Å². The number of fused-ring (bicyclic) bond motifs is 3. The van der Waals surface area contributed by atoms with Crippen LogP contribution in [0.15, 0.2) is 36.4 Å². The maximum Gasteiger partial charge on any atom is 0.416 e. The molecule has 1 heterocycles. The number of carbonyl (C=O) groups is 1. The molecule has 0 fully saturated rings. The van der Waals surface area contributed by atoms with Crippen molar-refractivity contribution in [1.82, 2.24) is 4.57 Å². The van der Waals surface area contributed by atoms with E-state index in [1.807, 2.05) is 0 Å². The van der Waals surface area contributed by atoms with Crippen molar-refractivity contribution in [2.24, 2.45) is 0 Å². The van der Waals surface area contributed by atoms with Crippen LogP contribution in [0.5, 0.6) is 5.75 Å². The predicted octanol–water partition coefficient (Wildman–Crippen LogP) is 4.48. The first kappa shape index (κ1) is 14.4. The lowest BCUT2D eigenvalue weighted by Gasteiger charge is -2.07. The zero-order chi connectivity index (χ0) is 16.1. The van der Waals surface area contributed by atoms with Gasteiger partial charge in [0, 0.05) is 17.7 Å². The number of carbonyl (C=O) groups excluding carboxylic acids is 1. The van der Waals surface area contributed by atoms with E-state index in [-0.39, 0.29) is 5.91 Å². The molecule has 3 nitrogen and oxygen atoms in total. The molecule has 0 amide bonds. The van der Waals surface area contributed by atoms with Gasteiger partial charge in [-0.3, -0.25) is 9.36 Å². The summed E-state index contributed by atoms with van der Waals surface area (Å²) < 4.78 is 45.3. The van der Waals surface area contributed by atoms with Crippen LogP contribution in [0, 0.1) is 0 Å². The van der Waals surface area contributed by atoms with Crippen molar-refractivity contribution in [3.63, 3.8) is 0 Å². The summed E-state index contributed by atoms with van der Waals surface area (Å²) in [5.41, 5.74) is 0.261. The number of aromatic nitrogens is 1. The van der Waals surface area contributed by atoms with Crippen LogP contribution in [0.25, 0.3) is 21.8 Å². The molecular formula is C16H12F3NO2. The number of nitrogens with zero attached hydrogens (tertiary/aromatic N) is 1. The molecule has 3 aromatic rings. The first-order valence-corrected chi connectivity index (χ1v) is 6.53. The number of hydrogen-bond donors (Lipinski definition) is 0. The molecule has 22 heavy (non-hydrogen) atoms. The van der Waals surface area contributed by atoms with Gasteiger partial charge in [0.05, 0.1) is 23.7 Å². The normalized spacial score (nSPS) is 12.0. The van der Waals surface area contributed by atoms with Gasteiger partial charge in [-0.05, 0) is 36.4 Å². The van der Waals surface area contributed by atoms with Gasteiger partial charge in [-0.15, -0.1) is 0 Å². The molecule has 0 N–H and O–H groups in total. The van der Waals surface area contributed by atoms with E-state index in [1.165, 1.54) is 24.7 Å². The highest BCUT2D eigenvalue weighted by Crippen LogP contribution is 2.36. The first-order valence-electron chi connectivity index (χ1n) is 6.53. The summed E-state index contributed by atoms with van der Waals surface area (Å²) in [6.07, 6.45) is -4.43. The maximum absolute atomic E-state index is 12.9. The Morgan fingerprint density at radius 3 is 2.18 bits per heavy atom. The Bertz CT molecular complexity index is 894. The van der Waals surface area contributed by atoms with Crippen LogP contribution in [0.3, 0.4) is 0 Å². The van der Waals surface area contributed by atoms with E-state index in [2.05, 4.69) is 0 Å². The van der Waals surface area contributed by atoms with Crippen molar-refractivity contribution >= 4 is 27.7 Å². The summed E-state index contributed by atoms with van der Waals surface area (Å²) in [4.78, 5) is 11.9. The van der Waals surface area contributed by atoms with Crippen LogP contribution in [0.4, 0.5) is 13.2 Å². The predicted molar refractivity (Wildman–Crippen MR) is 77.3 cm³/mol.